The molecule has 4 heteroatoms. The van der Waals surface area contributed by atoms with Gasteiger partial charge in [-0.25, -0.2) is 0 Å². The standard InChI is InChI=1S/C13H26N2O2/c1-3-13(2,10-16)15-12(17)5-4-11-6-8-14-9-7-11/h11,14,16H,3-10H2,1-2H3,(H,15,17). The minimum absolute atomic E-state index is 0.00257. The number of hydrogen-bond acceptors (Lipinski definition) is 3. The SMILES string of the molecule is CCC(C)(CO)NC(=O)CCC1CCNCC1. The molecule has 0 aromatic carbocycles. The summed E-state index contributed by atoms with van der Waals surface area (Å²) >= 11 is 0. The van der Waals surface area contributed by atoms with E-state index in [0.717, 1.165) is 25.9 Å². The summed E-state index contributed by atoms with van der Waals surface area (Å²) in [7, 11) is 0. The van der Waals surface area contributed by atoms with Crippen LogP contribution in [0.4, 0.5) is 0 Å². The quantitative estimate of drug-likeness (QED) is 0.652. The molecule has 1 heterocycles. The van der Waals surface area contributed by atoms with Crippen molar-refractivity contribution in [2.45, 2.75) is 51.5 Å². The second-order valence-corrected chi connectivity index (χ2v) is 5.35. The average molecular weight is 242 g/mol. The highest BCUT2D eigenvalue weighted by atomic mass is 16.3. The van der Waals surface area contributed by atoms with Gasteiger partial charge in [0, 0.05) is 6.42 Å². The largest absolute Gasteiger partial charge is 0.394 e. The lowest BCUT2D eigenvalue weighted by Crippen LogP contribution is -2.48. The summed E-state index contributed by atoms with van der Waals surface area (Å²) < 4.78 is 0. The van der Waals surface area contributed by atoms with Gasteiger partial charge in [0.05, 0.1) is 12.1 Å². The summed E-state index contributed by atoms with van der Waals surface area (Å²) in [4.78, 5) is 11.8. The number of rotatable bonds is 6. The lowest BCUT2D eigenvalue weighted by Gasteiger charge is -2.28. The van der Waals surface area contributed by atoms with E-state index < -0.39 is 5.54 Å². The van der Waals surface area contributed by atoms with E-state index in [1.54, 1.807) is 0 Å². The lowest BCUT2D eigenvalue weighted by atomic mass is 9.92. The molecule has 1 fully saturated rings. The van der Waals surface area contributed by atoms with E-state index in [2.05, 4.69) is 10.6 Å². The van der Waals surface area contributed by atoms with Crippen molar-refractivity contribution in [1.82, 2.24) is 10.6 Å². The maximum Gasteiger partial charge on any atom is 0.220 e. The molecule has 0 bridgehead atoms. The van der Waals surface area contributed by atoms with Gasteiger partial charge in [-0.3, -0.25) is 4.79 Å². The molecule has 1 atom stereocenters. The predicted octanol–water partition coefficient (Wildman–Crippen LogP) is 1.04. The zero-order valence-corrected chi connectivity index (χ0v) is 11.1. The van der Waals surface area contributed by atoms with Gasteiger partial charge in [-0.2, -0.15) is 0 Å². The molecule has 1 amide bonds. The first-order chi connectivity index (χ1) is 8.09. The van der Waals surface area contributed by atoms with Crippen molar-refractivity contribution in [3.63, 3.8) is 0 Å². The average Bonchev–Trinajstić information content (AvgIpc) is 2.37. The predicted molar refractivity (Wildman–Crippen MR) is 68.8 cm³/mol. The summed E-state index contributed by atoms with van der Waals surface area (Å²) in [6, 6.07) is 0. The number of piperidine rings is 1. The van der Waals surface area contributed by atoms with Crippen LogP contribution in [0.1, 0.15) is 46.0 Å². The van der Waals surface area contributed by atoms with Crippen molar-refractivity contribution in [3.05, 3.63) is 0 Å². The Hall–Kier alpha value is -0.610. The zero-order chi connectivity index (χ0) is 12.7. The Morgan fingerprint density at radius 3 is 2.65 bits per heavy atom. The van der Waals surface area contributed by atoms with Gasteiger partial charge in [-0.05, 0) is 51.6 Å². The van der Waals surface area contributed by atoms with Gasteiger partial charge in [0.2, 0.25) is 5.91 Å². The summed E-state index contributed by atoms with van der Waals surface area (Å²) in [6.45, 7) is 6.02. The van der Waals surface area contributed by atoms with E-state index in [4.69, 9.17) is 0 Å². The Kier molecular flexibility index (Phi) is 5.92. The molecule has 0 spiro atoms. The molecule has 100 valence electrons. The number of amides is 1. The Morgan fingerprint density at radius 2 is 2.12 bits per heavy atom. The van der Waals surface area contributed by atoms with Gasteiger partial charge < -0.3 is 15.7 Å². The minimum Gasteiger partial charge on any atom is -0.394 e. The molecule has 0 aromatic heterocycles. The first-order valence-corrected chi connectivity index (χ1v) is 6.72. The van der Waals surface area contributed by atoms with Crippen molar-refractivity contribution in [2.24, 2.45) is 5.92 Å². The van der Waals surface area contributed by atoms with Crippen molar-refractivity contribution in [3.8, 4) is 0 Å². The number of nitrogens with one attached hydrogen (secondary N) is 2. The topological polar surface area (TPSA) is 61.4 Å². The van der Waals surface area contributed by atoms with Crippen LogP contribution in [-0.2, 0) is 4.79 Å². The minimum atomic E-state index is -0.453. The fraction of sp³-hybridized carbons (Fsp3) is 0.923. The van der Waals surface area contributed by atoms with Crippen LogP contribution in [-0.4, -0.2) is 36.2 Å². The van der Waals surface area contributed by atoms with Crippen LogP contribution in [0.15, 0.2) is 0 Å². The van der Waals surface area contributed by atoms with Gasteiger partial charge >= 0.3 is 0 Å². The number of carbonyl (C=O) groups excluding carboxylic acids is 1. The normalized spacial score (nSPS) is 20.9. The van der Waals surface area contributed by atoms with Crippen molar-refractivity contribution < 1.29 is 9.90 Å². The van der Waals surface area contributed by atoms with Crippen LogP contribution < -0.4 is 10.6 Å². The Morgan fingerprint density at radius 1 is 1.47 bits per heavy atom. The molecule has 0 aromatic rings. The van der Waals surface area contributed by atoms with Crippen LogP contribution in [0, 0.1) is 5.92 Å². The second-order valence-electron chi connectivity index (χ2n) is 5.35. The first-order valence-electron chi connectivity index (χ1n) is 6.72. The molecule has 1 aliphatic rings. The molecule has 0 radical (unpaired) electrons. The Labute approximate surface area is 104 Å². The lowest BCUT2D eigenvalue weighted by molar-refractivity contribution is -0.123. The van der Waals surface area contributed by atoms with E-state index in [0.29, 0.717) is 12.3 Å². The van der Waals surface area contributed by atoms with Crippen LogP contribution in [0.3, 0.4) is 0 Å². The maximum atomic E-state index is 11.8. The Balaban J connectivity index is 2.24. The molecular formula is C13H26N2O2. The van der Waals surface area contributed by atoms with Crippen molar-refractivity contribution >= 4 is 5.91 Å². The fourth-order valence-corrected chi connectivity index (χ4v) is 2.14. The van der Waals surface area contributed by atoms with Crippen molar-refractivity contribution in [1.29, 1.82) is 0 Å². The highest BCUT2D eigenvalue weighted by molar-refractivity contribution is 5.76. The molecule has 1 unspecified atom stereocenters. The molecule has 0 saturated carbocycles. The van der Waals surface area contributed by atoms with Gasteiger partial charge in [-0.15, -0.1) is 0 Å². The molecule has 3 N–H and O–H groups in total. The molecule has 17 heavy (non-hydrogen) atoms. The zero-order valence-electron chi connectivity index (χ0n) is 11.1. The Bertz CT molecular complexity index is 234. The first kappa shape index (κ1) is 14.5. The van der Waals surface area contributed by atoms with Gasteiger partial charge in [0.15, 0.2) is 0 Å². The second kappa shape index (κ2) is 6.97. The van der Waals surface area contributed by atoms with Gasteiger partial charge in [0.1, 0.15) is 0 Å². The van der Waals surface area contributed by atoms with E-state index in [1.165, 1.54) is 12.8 Å². The maximum absolute atomic E-state index is 11.8. The van der Waals surface area contributed by atoms with Crippen LogP contribution in [0.2, 0.25) is 0 Å². The molecule has 1 aliphatic heterocycles. The van der Waals surface area contributed by atoms with E-state index >= 15 is 0 Å². The number of aliphatic hydroxyl groups is 1. The monoisotopic (exact) mass is 242 g/mol. The van der Waals surface area contributed by atoms with Crippen LogP contribution in [0.5, 0.6) is 0 Å². The summed E-state index contributed by atoms with van der Waals surface area (Å²) in [6.07, 6.45) is 4.66. The molecule has 1 rings (SSSR count). The number of aliphatic hydroxyl groups excluding tert-OH is 1. The smallest absolute Gasteiger partial charge is 0.220 e. The fourth-order valence-electron chi connectivity index (χ4n) is 2.14. The molecular weight excluding hydrogens is 216 g/mol. The molecule has 0 aliphatic carbocycles. The third kappa shape index (κ3) is 5.04. The van der Waals surface area contributed by atoms with E-state index in [9.17, 15) is 9.90 Å². The highest BCUT2D eigenvalue weighted by Crippen LogP contribution is 2.18. The summed E-state index contributed by atoms with van der Waals surface area (Å²) in [5.41, 5.74) is -0.453. The summed E-state index contributed by atoms with van der Waals surface area (Å²) in [5, 5.41) is 15.5. The molecule has 1 saturated heterocycles. The number of hydrogen-bond donors (Lipinski definition) is 3. The number of carbonyl (C=O) groups is 1. The van der Waals surface area contributed by atoms with Gasteiger partial charge in [0.25, 0.3) is 0 Å². The third-order valence-electron chi connectivity index (χ3n) is 3.81. The van der Waals surface area contributed by atoms with E-state index in [-0.39, 0.29) is 12.5 Å². The van der Waals surface area contributed by atoms with Crippen LogP contribution >= 0.6 is 0 Å². The summed E-state index contributed by atoms with van der Waals surface area (Å²) in [5.74, 6) is 0.756. The third-order valence-corrected chi connectivity index (χ3v) is 3.81. The van der Waals surface area contributed by atoms with Crippen LogP contribution in [0.25, 0.3) is 0 Å². The van der Waals surface area contributed by atoms with Crippen molar-refractivity contribution in [2.75, 3.05) is 19.7 Å². The highest BCUT2D eigenvalue weighted by Gasteiger charge is 2.23. The van der Waals surface area contributed by atoms with E-state index in [1.807, 2.05) is 13.8 Å². The van der Waals surface area contributed by atoms with Gasteiger partial charge in [-0.1, -0.05) is 6.92 Å². The molecule has 4 nitrogen and oxygen atoms in total.